The minimum absolute atomic E-state index is 0.165. The maximum Gasteiger partial charge on any atom is 0.271 e. The van der Waals surface area contributed by atoms with Crippen molar-refractivity contribution in [1.29, 1.82) is 0 Å². The van der Waals surface area contributed by atoms with Gasteiger partial charge in [-0.1, -0.05) is 0 Å². The number of nitrogens with one attached hydrogen (secondary N) is 1. The van der Waals surface area contributed by atoms with Gasteiger partial charge in [0.15, 0.2) is 17.6 Å². The van der Waals surface area contributed by atoms with Gasteiger partial charge in [0.1, 0.15) is 5.82 Å². The molecule has 2 aromatic rings. The van der Waals surface area contributed by atoms with Crippen LogP contribution in [0.3, 0.4) is 0 Å². The molecule has 0 aliphatic carbocycles. The summed E-state index contributed by atoms with van der Waals surface area (Å²) in [4.78, 5) is 25.4. The van der Waals surface area contributed by atoms with Crippen LogP contribution in [-0.2, 0) is 4.79 Å². The molecule has 8 heteroatoms. The lowest BCUT2D eigenvalue weighted by atomic mass is 10.2. The van der Waals surface area contributed by atoms with Crippen LogP contribution in [0.15, 0.2) is 47.6 Å². The van der Waals surface area contributed by atoms with Crippen molar-refractivity contribution in [1.82, 2.24) is 10.3 Å². The van der Waals surface area contributed by atoms with Gasteiger partial charge >= 0.3 is 0 Å². The molecule has 1 N–H and O–H groups in total. The van der Waals surface area contributed by atoms with E-state index in [1.807, 2.05) is 6.92 Å². The number of hydrogen-bond acceptors (Lipinski definition) is 5. The van der Waals surface area contributed by atoms with Gasteiger partial charge in [-0.15, -0.1) is 0 Å². The molecule has 0 unspecified atom stereocenters. The fraction of sp³-hybridized carbons (Fsp3) is 0.286. The monoisotopic (exact) mass is 401 g/mol. The molecule has 0 saturated heterocycles. The molecule has 7 nitrogen and oxygen atoms in total. The zero-order valence-corrected chi connectivity index (χ0v) is 16.8. The lowest BCUT2D eigenvalue weighted by molar-refractivity contribution is -0.135. The van der Waals surface area contributed by atoms with Gasteiger partial charge in [-0.25, -0.2) is 9.82 Å². The Labute approximate surface area is 169 Å². The third kappa shape index (κ3) is 6.31. The van der Waals surface area contributed by atoms with Crippen molar-refractivity contribution in [2.75, 3.05) is 20.7 Å². The van der Waals surface area contributed by atoms with Crippen LogP contribution >= 0.6 is 0 Å². The Hall–Kier alpha value is -3.42. The van der Waals surface area contributed by atoms with Crippen LogP contribution in [0.2, 0.25) is 0 Å². The Morgan fingerprint density at radius 3 is 2.48 bits per heavy atom. The number of amides is 2. The molecule has 0 fully saturated rings. The van der Waals surface area contributed by atoms with Crippen molar-refractivity contribution >= 4 is 18.0 Å². The van der Waals surface area contributed by atoms with E-state index in [1.165, 1.54) is 35.4 Å². The van der Waals surface area contributed by atoms with E-state index >= 15 is 0 Å². The van der Waals surface area contributed by atoms with Crippen LogP contribution in [0.25, 0.3) is 0 Å². The molecule has 0 saturated carbocycles. The summed E-state index contributed by atoms with van der Waals surface area (Å²) in [6.07, 6.45) is 0.779. The molecule has 0 radical (unpaired) electrons. The van der Waals surface area contributed by atoms with E-state index in [-0.39, 0.29) is 5.91 Å². The van der Waals surface area contributed by atoms with E-state index in [2.05, 4.69) is 10.5 Å². The zero-order valence-electron chi connectivity index (χ0n) is 16.8. The van der Waals surface area contributed by atoms with Gasteiger partial charge in [-0.3, -0.25) is 9.59 Å². The molecule has 2 rings (SSSR count). The molecule has 2 amide bonds. The molecule has 2 aromatic carbocycles. The van der Waals surface area contributed by atoms with Crippen LogP contribution in [0.5, 0.6) is 11.5 Å². The smallest absolute Gasteiger partial charge is 0.271 e. The number of hydrazone groups is 1. The van der Waals surface area contributed by atoms with Gasteiger partial charge in [0, 0.05) is 19.7 Å². The van der Waals surface area contributed by atoms with Gasteiger partial charge in [0.05, 0.1) is 12.8 Å². The fourth-order valence-electron chi connectivity index (χ4n) is 2.41. The molecule has 154 valence electrons. The molecule has 0 aliphatic heterocycles. The molecule has 29 heavy (non-hydrogen) atoms. The summed E-state index contributed by atoms with van der Waals surface area (Å²) in [5.74, 6) is -0.150. The van der Waals surface area contributed by atoms with E-state index in [0.29, 0.717) is 29.2 Å². The van der Waals surface area contributed by atoms with E-state index in [1.54, 1.807) is 39.2 Å². The third-order valence-electron chi connectivity index (χ3n) is 3.85. The number of likely N-dealkylation sites (N-methyl/N-ethyl adjacent to an activating group) is 1. The highest BCUT2D eigenvalue weighted by Crippen LogP contribution is 2.29. The number of rotatable bonds is 8. The van der Waals surface area contributed by atoms with Crippen molar-refractivity contribution in [3.63, 3.8) is 0 Å². The number of carbonyl (C=O) groups excluding carboxylic acids is 2. The summed E-state index contributed by atoms with van der Waals surface area (Å²) in [5.41, 5.74) is 3.33. The van der Waals surface area contributed by atoms with Crippen molar-refractivity contribution in [3.05, 3.63) is 59.4 Å². The summed E-state index contributed by atoms with van der Waals surface area (Å²) < 4.78 is 24.2. The van der Waals surface area contributed by atoms with Crippen LogP contribution in [0.1, 0.15) is 29.8 Å². The first-order valence-corrected chi connectivity index (χ1v) is 9.05. The van der Waals surface area contributed by atoms with Gasteiger partial charge < -0.3 is 14.4 Å². The van der Waals surface area contributed by atoms with Crippen molar-refractivity contribution in [3.8, 4) is 11.5 Å². The molecule has 0 aromatic heterocycles. The maximum atomic E-state index is 12.9. The Morgan fingerprint density at radius 1 is 1.17 bits per heavy atom. The summed E-state index contributed by atoms with van der Waals surface area (Å²) in [5, 5.41) is 3.91. The molecular weight excluding hydrogens is 377 g/mol. The predicted molar refractivity (Wildman–Crippen MR) is 108 cm³/mol. The van der Waals surface area contributed by atoms with Crippen LogP contribution in [0, 0.1) is 5.82 Å². The first kappa shape index (κ1) is 21.9. The van der Waals surface area contributed by atoms with Crippen molar-refractivity contribution < 1.29 is 23.5 Å². The fourth-order valence-corrected chi connectivity index (χ4v) is 2.41. The SMILES string of the molecule is CCOc1cc(/C=N\NC(=O)c2ccc(F)cc2)ccc1O[C@H](C)C(=O)N(C)C. The maximum absolute atomic E-state index is 12.9. The summed E-state index contributed by atoms with van der Waals surface area (Å²) in [6.45, 7) is 3.91. The summed E-state index contributed by atoms with van der Waals surface area (Å²) in [7, 11) is 3.32. The Balaban J connectivity index is 2.08. The summed E-state index contributed by atoms with van der Waals surface area (Å²) in [6, 6.07) is 10.2. The standard InChI is InChI=1S/C21H24FN3O4/c1-5-28-19-12-15(6-11-18(19)29-14(2)21(27)25(3)4)13-23-24-20(26)16-7-9-17(22)10-8-16/h6-14H,5H2,1-4H3,(H,24,26)/b23-13-/t14-/m1/s1. The Kier molecular flexibility index (Phi) is 7.70. The third-order valence-corrected chi connectivity index (χ3v) is 3.85. The number of ether oxygens (including phenoxy) is 2. The lowest BCUT2D eigenvalue weighted by Gasteiger charge is -2.20. The molecular formula is C21H24FN3O4. The Bertz CT molecular complexity index is 882. The van der Waals surface area contributed by atoms with Crippen LogP contribution in [-0.4, -0.2) is 49.7 Å². The van der Waals surface area contributed by atoms with E-state index < -0.39 is 17.8 Å². The Morgan fingerprint density at radius 2 is 1.86 bits per heavy atom. The zero-order chi connectivity index (χ0) is 21.4. The predicted octanol–water partition coefficient (Wildman–Crippen LogP) is 2.84. The molecule has 0 aliphatic rings. The number of benzene rings is 2. The van der Waals surface area contributed by atoms with Crippen LogP contribution < -0.4 is 14.9 Å². The molecule has 0 spiro atoms. The summed E-state index contributed by atoms with van der Waals surface area (Å²) >= 11 is 0. The average Bonchev–Trinajstić information content (AvgIpc) is 2.69. The number of hydrogen-bond donors (Lipinski definition) is 1. The van der Waals surface area contributed by atoms with E-state index in [4.69, 9.17) is 9.47 Å². The topological polar surface area (TPSA) is 80.2 Å². The second-order valence-corrected chi connectivity index (χ2v) is 6.34. The molecule has 0 heterocycles. The average molecular weight is 401 g/mol. The largest absolute Gasteiger partial charge is 0.490 e. The van der Waals surface area contributed by atoms with Gasteiger partial charge in [-0.2, -0.15) is 5.10 Å². The van der Waals surface area contributed by atoms with Crippen molar-refractivity contribution in [2.45, 2.75) is 20.0 Å². The highest BCUT2D eigenvalue weighted by Gasteiger charge is 2.18. The molecule has 1 atom stereocenters. The van der Waals surface area contributed by atoms with Crippen molar-refractivity contribution in [2.24, 2.45) is 5.10 Å². The normalized spacial score (nSPS) is 11.8. The second-order valence-electron chi connectivity index (χ2n) is 6.34. The number of halogens is 1. The minimum atomic E-state index is -0.668. The minimum Gasteiger partial charge on any atom is -0.490 e. The highest BCUT2D eigenvalue weighted by molar-refractivity contribution is 5.94. The molecule has 0 bridgehead atoms. The second kappa shape index (κ2) is 10.2. The van der Waals surface area contributed by atoms with Gasteiger partial charge in [-0.05, 0) is 61.9 Å². The highest BCUT2D eigenvalue weighted by atomic mass is 19.1. The van der Waals surface area contributed by atoms with Gasteiger partial charge in [0.25, 0.3) is 11.8 Å². The number of carbonyl (C=O) groups is 2. The van der Waals surface area contributed by atoms with E-state index in [0.717, 1.165) is 0 Å². The number of nitrogens with zero attached hydrogens (tertiary/aromatic N) is 2. The van der Waals surface area contributed by atoms with Gasteiger partial charge in [0.2, 0.25) is 0 Å². The first-order valence-electron chi connectivity index (χ1n) is 9.05. The van der Waals surface area contributed by atoms with Crippen LogP contribution in [0.4, 0.5) is 4.39 Å². The lowest BCUT2D eigenvalue weighted by Crippen LogP contribution is -2.35. The first-order chi connectivity index (χ1) is 13.8. The quantitative estimate of drug-likeness (QED) is 0.545. The van der Waals surface area contributed by atoms with E-state index in [9.17, 15) is 14.0 Å².